The Hall–Kier alpha value is -2.27. The molecule has 1 saturated carbocycles. The number of aryl methyl sites for hydroxylation is 1. The van der Waals surface area contributed by atoms with E-state index in [2.05, 4.69) is 36.1 Å². The molecule has 1 aliphatic carbocycles. The summed E-state index contributed by atoms with van der Waals surface area (Å²) in [6.45, 7) is 3.96. The molecule has 0 N–H and O–H groups in total. The molecule has 1 atom stereocenters. The normalized spacial score (nSPS) is 22.7. The zero-order valence-electron chi connectivity index (χ0n) is 19.4. The van der Waals surface area contributed by atoms with Crippen LogP contribution in [0.15, 0.2) is 30.3 Å². The molecule has 5 heteroatoms. The third-order valence-electron chi connectivity index (χ3n) is 7.71. The standard InChI is InChI=1S/C27H36N4O/c1-20-23-15-16-25(32)31(19-17-21-10-4-2-5-11-21)27(23)29-26(28-20)24-14-8-9-18-30(24)22-12-6-3-7-13-22/h2,4-5,10-11,22,24H,3,6-9,12-19H2,1H3/t24-/m0/s1. The van der Waals surface area contributed by atoms with Crippen LogP contribution in [-0.4, -0.2) is 39.9 Å². The molecule has 0 bridgehead atoms. The lowest BCUT2D eigenvalue weighted by molar-refractivity contribution is -0.118. The van der Waals surface area contributed by atoms with Crippen molar-refractivity contribution in [3.05, 3.63) is 53.0 Å². The molecule has 1 aromatic carbocycles. The Morgan fingerprint density at radius 2 is 1.72 bits per heavy atom. The number of hydrogen-bond acceptors (Lipinski definition) is 4. The molecule has 1 saturated heterocycles. The molecule has 1 amide bonds. The maximum absolute atomic E-state index is 12.9. The minimum atomic E-state index is 0.199. The second-order valence-electron chi connectivity index (χ2n) is 9.79. The Morgan fingerprint density at radius 3 is 2.53 bits per heavy atom. The molecule has 5 nitrogen and oxygen atoms in total. The summed E-state index contributed by atoms with van der Waals surface area (Å²) < 4.78 is 0. The molecule has 5 rings (SSSR count). The first-order chi connectivity index (χ1) is 15.7. The maximum atomic E-state index is 12.9. The van der Waals surface area contributed by atoms with Gasteiger partial charge < -0.3 is 0 Å². The summed E-state index contributed by atoms with van der Waals surface area (Å²) in [4.78, 5) is 27.8. The zero-order chi connectivity index (χ0) is 21.9. The Labute approximate surface area is 192 Å². The minimum Gasteiger partial charge on any atom is -0.296 e. The monoisotopic (exact) mass is 432 g/mol. The van der Waals surface area contributed by atoms with Crippen LogP contribution in [0.2, 0.25) is 0 Å². The lowest BCUT2D eigenvalue weighted by Crippen LogP contribution is -2.44. The van der Waals surface area contributed by atoms with E-state index in [9.17, 15) is 4.79 Å². The van der Waals surface area contributed by atoms with Gasteiger partial charge in [-0.2, -0.15) is 0 Å². The molecule has 0 spiro atoms. The molecule has 2 aliphatic heterocycles. The molecule has 2 aromatic rings. The van der Waals surface area contributed by atoms with Crippen molar-refractivity contribution in [1.29, 1.82) is 0 Å². The van der Waals surface area contributed by atoms with E-state index < -0.39 is 0 Å². The number of carbonyl (C=O) groups excluding carboxylic acids is 1. The van der Waals surface area contributed by atoms with Gasteiger partial charge in [0.2, 0.25) is 5.91 Å². The fourth-order valence-electron chi connectivity index (χ4n) is 5.95. The van der Waals surface area contributed by atoms with E-state index in [1.165, 1.54) is 56.1 Å². The Bertz CT molecular complexity index is 938. The molecule has 2 fully saturated rings. The zero-order valence-corrected chi connectivity index (χ0v) is 19.4. The van der Waals surface area contributed by atoms with Gasteiger partial charge in [-0.1, -0.05) is 56.0 Å². The second-order valence-corrected chi connectivity index (χ2v) is 9.79. The van der Waals surface area contributed by atoms with Crippen molar-refractivity contribution in [3.8, 4) is 0 Å². The van der Waals surface area contributed by atoms with E-state index in [4.69, 9.17) is 9.97 Å². The molecule has 1 aromatic heterocycles. The summed E-state index contributed by atoms with van der Waals surface area (Å²) in [7, 11) is 0. The number of anilines is 1. The summed E-state index contributed by atoms with van der Waals surface area (Å²) in [5.74, 6) is 2.03. The molecule has 170 valence electrons. The van der Waals surface area contributed by atoms with E-state index in [1.54, 1.807) is 0 Å². The summed E-state index contributed by atoms with van der Waals surface area (Å²) >= 11 is 0. The number of piperidine rings is 1. The highest BCUT2D eigenvalue weighted by molar-refractivity contribution is 5.95. The number of likely N-dealkylation sites (tertiary alicyclic amines) is 1. The molecule has 3 heterocycles. The fraction of sp³-hybridized carbons (Fsp3) is 0.593. The van der Waals surface area contributed by atoms with E-state index in [-0.39, 0.29) is 5.91 Å². The van der Waals surface area contributed by atoms with Crippen molar-refractivity contribution in [2.75, 3.05) is 18.0 Å². The number of rotatable bonds is 5. The van der Waals surface area contributed by atoms with Gasteiger partial charge in [0.25, 0.3) is 0 Å². The molecule has 3 aliphatic rings. The van der Waals surface area contributed by atoms with E-state index in [0.29, 0.717) is 25.0 Å². The van der Waals surface area contributed by atoms with Gasteiger partial charge in [-0.3, -0.25) is 14.6 Å². The number of aromatic nitrogens is 2. The van der Waals surface area contributed by atoms with Crippen molar-refractivity contribution in [1.82, 2.24) is 14.9 Å². The van der Waals surface area contributed by atoms with Gasteiger partial charge in [-0.15, -0.1) is 0 Å². The van der Waals surface area contributed by atoms with Gasteiger partial charge in [0.05, 0.1) is 6.04 Å². The van der Waals surface area contributed by atoms with Gasteiger partial charge in [0.1, 0.15) is 11.6 Å². The van der Waals surface area contributed by atoms with Crippen LogP contribution in [0.5, 0.6) is 0 Å². The fourth-order valence-corrected chi connectivity index (χ4v) is 5.95. The molecular weight excluding hydrogens is 396 g/mol. The SMILES string of the molecule is Cc1nc([C@@H]2CCCCN2C2CCCCC2)nc2c1CCC(=O)N2CCc1ccccc1. The average molecular weight is 433 g/mol. The lowest BCUT2D eigenvalue weighted by atomic mass is 9.90. The summed E-state index contributed by atoms with van der Waals surface area (Å²) in [6.07, 6.45) is 12.5. The topological polar surface area (TPSA) is 49.3 Å². The Morgan fingerprint density at radius 1 is 0.938 bits per heavy atom. The highest BCUT2D eigenvalue weighted by Gasteiger charge is 2.35. The molecular formula is C27H36N4O. The van der Waals surface area contributed by atoms with Crippen LogP contribution in [0.3, 0.4) is 0 Å². The minimum absolute atomic E-state index is 0.199. The van der Waals surface area contributed by atoms with Crippen molar-refractivity contribution >= 4 is 11.7 Å². The van der Waals surface area contributed by atoms with Crippen LogP contribution in [0, 0.1) is 6.92 Å². The predicted molar refractivity (Wildman–Crippen MR) is 128 cm³/mol. The smallest absolute Gasteiger partial charge is 0.228 e. The third-order valence-corrected chi connectivity index (χ3v) is 7.71. The van der Waals surface area contributed by atoms with Crippen LogP contribution in [0.4, 0.5) is 5.82 Å². The van der Waals surface area contributed by atoms with Gasteiger partial charge >= 0.3 is 0 Å². The maximum Gasteiger partial charge on any atom is 0.228 e. The van der Waals surface area contributed by atoms with Crippen LogP contribution in [0.25, 0.3) is 0 Å². The number of carbonyl (C=O) groups is 1. The molecule has 0 radical (unpaired) electrons. The number of amides is 1. The highest BCUT2D eigenvalue weighted by atomic mass is 16.2. The average Bonchev–Trinajstić information content (AvgIpc) is 2.84. The van der Waals surface area contributed by atoms with E-state index in [1.807, 2.05) is 11.0 Å². The van der Waals surface area contributed by atoms with E-state index in [0.717, 1.165) is 43.1 Å². The second kappa shape index (κ2) is 9.70. The van der Waals surface area contributed by atoms with Crippen molar-refractivity contribution in [2.24, 2.45) is 0 Å². The van der Waals surface area contributed by atoms with Crippen LogP contribution in [0.1, 0.15) is 86.5 Å². The number of hydrogen-bond donors (Lipinski definition) is 0. The van der Waals surface area contributed by atoms with Gasteiger partial charge in [0, 0.05) is 30.3 Å². The van der Waals surface area contributed by atoms with Gasteiger partial charge in [-0.25, -0.2) is 9.97 Å². The van der Waals surface area contributed by atoms with E-state index >= 15 is 0 Å². The quantitative estimate of drug-likeness (QED) is 0.654. The van der Waals surface area contributed by atoms with Crippen molar-refractivity contribution in [2.45, 2.75) is 89.6 Å². The lowest BCUT2D eigenvalue weighted by Gasteiger charge is -2.42. The third kappa shape index (κ3) is 4.45. The first kappa shape index (κ1) is 21.6. The first-order valence-corrected chi connectivity index (χ1v) is 12.7. The largest absolute Gasteiger partial charge is 0.296 e. The number of fused-ring (bicyclic) bond motifs is 1. The van der Waals surface area contributed by atoms with Crippen LogP contribution < -0.4 is 4.90 Å². The number of nitrogens with zero attached hydrogens (tertiary/aromatic N) is 4. The van der Waals surface area contributed by atoms with Crippen molar-refractivity contribution < 1.29 is 4.79 Å². The van der Waals surface area contributed by atoms with Crippen LogP contribution in [-0.2, 0) is 17.6 Å². The highest BCUT2D eigenvalue weighted by Crippen LogP contribution is 2.37. The first-order valence-electron chi connectivity index (χ1n) is 12.7. The Balaban J connectivity index is 1.44. The summed E-state index contributed by atoms with van der Waals surface area (Å²) in [6, 6.07) is 11.4. The molecule has 0 unspecified atom stereocenters. The number of benzene rings is 1. The predicted octanol–water partition coefficient (Wildman–Crippen LogP) is 5.17. The van der Waals surface area contributed by atoms with Crippen LogP contribution >= 0.6 is 0 Å². The Kier molecular flexibility index (Phi) is 6.54. The molecule has 32 heavy (non-hydrogen) atoms. The van der Waals surface area contributed by atoms with Crippen molar-refractivity contribution in [3.63, 3.8) is 0 Å². The van der Waals surface area contributed by atoms with Gasteiger partial charge in [-0.05, 0) is 57.6 Å². The summed E-state index contributed by atoms with van der Waals surface area (Å²) in [5, 5.41) is 0. The van der Waals surface area contributed by atoms with Gasteiger partial charge in [0.15, 0.2) is 0 Å². The summed E-state index contributed by atoms with van der Waals surface area (Å²) in [5.41, 5.74) is 3.49.